The second kappa shape index (κ2) is 8.21. The molecule has 0 aromatic heterocycles. The fourth-order valence-corrected chi connectivity index (χ4v) is 5.09. The smallest absolute Gasteiger partial charge is 0.337 e. The van der Waals surface area contributed by atoms with Crippen molar-refractivity contribution >= 4 is 8.56 Å². The Hall–Kier alpha value is 0.0569. The molecule has 5 heteroatoms. The van der Waals surface area contributed by atoms with Gasteiger partial charge in [0.25, 0.3) is 0 Å². The number of hydrogen-bond donors (Lipinski definition) is 0. The average molecular weight is 261 g/mol. The lowest BCUT2D eigenvalue weighted by atomic mass is 10.3. The maximum atomic E-state index is 5.69. The molecule has 1 aliphatic heterocycles. The summed E-state index contributed by atoms with van der Waals surface area (Å²) in [6, 6.07) is 2.20. The molecule has 0 aromatic carbocycles. The maximum Gasteiger partial charge on any atom is 0.337 e. The normalized spacial score (nSPS) is 18.5. The predicted molar refractivity (Wildman–Crippen MR) is 71.6 cm³/mol. The summed E-state index contributed by atoms with van der Waals surface area (Å²) in [5.74, 6) is 0. The monoisotopic (exact) mass is 261 g/mol. The van der Waals surface area contributed by atoms with Gasteiger partial charge in [-0.15, -0.1) is 0 Å². The van der Waals surface area contributed by atoms with Gasteiger partial charge in [0.1, 0.15) is 0 Å². The zero-order valence-electron chi connectivity index (χ0n) is 11.5. The minimum Gasteiger partial charge on any atom is -0.398 e. The van der Waals surface area contributed by atoms with E-state index in [1.807, 2.05) is 0 Å². The van der Waals surface area contributed by atoms with Crippen LogP contribution in [-0.4, -0.2) is 60.5 Å². The molecule has 0 unspecified atom stereocenters. The second-order valence-corrected chi connectivity index (χ2v) is 8.26. The summed E-state index contributed by atoms with van der Waals surface area (Å²) in [6.45, 7) is 7.25. The van der Waals surface area contributed by atoms with E-state index in [1.165, 1.54) is 6.42 Å². The lowest BCUT2D eigenvalue weighted by molar-refractivity contribution is 0.0376. The highest BCUT2D eigenvalue weighted by molar-refractivity contribution is 6.67. The van der Waals surface area contributed by atoms with Crippen LogP contribution in [0.4, 0.5) is 0 Å². The first kappa shape index (κ1) is 15.1. The fraction of sp³-hybridized carbons (Fsp3) is 1.00. The standard InChI is InChI=1S/C12H27NO3Si/c1-4-11-17(14-2,15-3)12-5-6-13-7-9-16-10-8-13/h4-12H2,1-3H3. The van der Waals surface area contributed by atoms with Crippen molar-refractivity contribution in [1.82, 2.24) is 4.90 Å². The summed E-state index contributed by atoms with van der Waals surface area (Å²) in [4.78, 5) is 2.47. The highest BCUT2D eigenvalue weighted by atomic mass is 28.4. The van der Waals surface area contributed by atoms with Gasteiger partial charge in [-0.1, -0.05) is 13.3 Å². The molecule has 0 radical (unpaired) electrons. The zero-order chi connectivity index (χ0) is 12.6. The first-order valence-corrected chi connectivity index (χ1v) is 8.90. The van der Waals surface area contributed by atoms with Crippen molar-refractivity contribution in [1.29, 1.82) is 0 Å². The third-order valence-corrected chi connectivity index (χ3v) is 7.38. The van der Waals surface area contributed by atoms with Crippen molar-refractivity contribution < 1.29 is 13.6 Å². The van der Waals surface area contributed by atoms with Crippen LogP contribution in [0.5, 0.6) is 0 Å². The van der Waals surface area contributed by atoms with E-state index < -0.39 is 8.56 Å². The van der Waals surface area contributed by atoms with Gasteiger partial charge in [-0.05, 0) is 25.1 Å². The Labute approximate surface area is 106 Å². The van der Waals surface area contributed by atoms with Crippen molar-refractivity contribution in [3.05, 3.63) is 0 Å². The van der Waals surface area contributed by atoms with Crippen LogP contribution in [0.25, 0.3) is 0 Å². The van der Waals surface area contributed by atoms with Gasteiger partial charge in [-0.25, -0.2) is 0 Å². The van der Waals surface area contributed by atoms with E-state index in [1.54, 1.807) is 14.2 Å². The first-order valence-electron chi connectivity index (χ1n) is 6.66. The number of ether oxygens (including phenoxy) is 1. The molecule has 0 atom stereocenters. The van der Waals surface area contributed by atoms with Crippen LogP contribution in [0, 0.1) is 0 Å². The minimum atomic E-state index is -1.89. The number of rotatable bonds is 8. The van der Waals surface area contributed by atoms with Gasteiger partial charge in [-0.3, -0.25) is 4.90 Å². The quantitative estimate of drug-likeness (QED) is 0.624. The van der Waals surface area contributed by atoms with Crippen molar-refractivity contribution in [2.45, 2.75) is 31.9 Å². The molecule has 0 aromatic rings. The van der Waals surface area contributed by atoms with Gasteiger partial charge in [0.15, 0.2) is 0 Å². The van der Waals surface area contributed by atoms with Gasteiger partial charge >= 0.3 is 8.56 Å². The largest absolute Gasteiger partial charge is 0.398 e. The highest BCUT2D eigenvalue weighted by Gasteiger charge is 2.33. The van der Waals surface area contributed by atoms with Crippen LogP contribution >= 0.6 is 0 Å². The molecule has 0 aliphatic carbocycles. The molecule has 102 valence electrons. The van der Waals surface area contributed by atoms with Crippen molar-refractivity contribution in [3.63, 3.8) is 0 Å². The maximum absolute atomic E-state index is 5.69. The molecule has 0 saturated carbocycles. The molecule has 1 heterocycles. The van der Waals surface area contributed by atoms with Crippen molar-refractivity contribution in [2.24, 2.45) is 0 Å². The summed E-state index contributed by atoms with van der Waals surface area (Å²) in [7, 11) is 1.73. The number of hydrogen-bond acceptors (Lipinski definition) is 4. The fourth-order valence-electron chi connectivity index (χ4n) is 2.39. The Morgan fingerprint density at radius 2 is 1.76 bits per heavy atom. The molecule has 4 nitrogen and oxygen atoms in total. The summed E-state index contributed by atoms with van der Waals surface area (Å²) >= 11 is 0. The average Bonchev–Trinajstić information content (AvgIpc) is 2.39. The molecule has 0 amide bonds. The lowest BCUT2D eigenvalue weighted by Crippen LogP contribution is -2.42. The predicted octanol–water partition coefficient (Wildman–Crippen LogP) is 1.85. The summed E-state index contributed by atoms with van der Waals surface area (Å²) in [6.07, 6.45) is 2.32. The van der Waals surface area contributed by atoms with Crippen LogP contribution in [0.2, 0.25) is 12.1 Å². The Bertz CT molecular complexity index is 194. The van der Waals surface area contributed by atoms with Gasteiger partial charge in [0.2, 0.25) is 0 Å². The van der Waals surface area contributed by atoms with Crippen LogP contribution in [-0.2, 0) is 13.6 Å². The third kappa shape index (κ3) is 5.05. The second-order valence-electron chi connectivity index (χ2n) is 4.63. The van der Waals surface area contributed by atoms with Gasteiger partial charge in [0, 0.05) is 27.3 Å². The van der Waals surface area contributed by atoms with E-state index >= 15 is 0 Å². The van der Waals surface area contributed by atoms with Crippen LogP contribution in [0.1, 0.15) is 19.8 Å². The molecule has 1 saturated heterocycles. The van der Waals surface area contributed by atoms with Crippen molar-refractivity contribution in [3.8, 4) is 0 Å². The highest BCUT2D eigenvalue weighted by Crippen LogP contribution is 2.21. The molecule has 1 aliphatic rings. The van der Waals surface area contributed by atoms with E-state index in [0.29, 0.717) is 0 Å². The van der Waals surface area contributed by atoms with Crippen LogP contribution in [0.3, 0.4) is 0 Å². The van der Waals surface area contributed by atoms with Crippen LogP contribution in [0.15, 0.2) is 0 Å². The molecule has 0 N–H and O–H groups in total. The molecular formula is C12H27NO3Si. The van der Waals surface area contributed by atoms with Gasteiger partial charge in [-0.2, -0.15) is 0 Å². The van der Waals surface area contributed by atoms with Gasteiger partial charge in [0.05, 0.1) is 13.2 Å². The van der Waals surface area contributed by atoms with Crippen LogP contribution < -0.4 is 0 Å². The zero-order valence-corrected chi connectivity index (χ0v) is 12.5. The molecule has 1 fully saturated rings. The van der Waals surface area contributed by atoms with E-state index in [4.69, 9.17) is 13.6 Å². The molecule has 1 rings (SSSR count). The van der Waals surface area contributed by atoms with E-state index in [0.717, 1.165) is 51.4 Å². The molecule has 0 spiro atoms. The Balaban J connectivity index is 2.25. The van der Waals surface area contributed by atoms with E-state index in [2.05, 4.69) is 11.8 Å². The van der Waals surface area contributed by atoms with E-state index in [-0.39, 0.29) is 0 Å². The summed E-state index contributed by atoms with van der Waals surface area (Å²) < 4.78 is 16.7. The van der Waals surface area contributed by atoms with E-state index in [9.17, 15) is 0 Å². The third-order valence-electron chi connectivity index (χ3n) is 3.51. The Kier molecular flexibility index (Phi) is 7.30. The summed E-state index contributed by atoms with van der Waals surface area (Å²) in [5.41, 5.74) is 0. The molecule has 17 heavy (non-hydrogen) atoms. The van der Waals surface area contributed by atoms with Crippen molar-refractivity contribution in [2.75, 3.05) is 47.1 Å². The summed E-state index contributed by atoms with van der Waals surface area (Å²) in [5, 5.41) is 0. The number of morpholine rings is 1. The number of nitrogens with zero attached hydrogens (tertiary/aromatic N) is 1. The first-order chi connectivity index (χ1) is 8.26. The molecular weight excluding hydrogens is 234 g/mol. The SMILES string of the molecule is CCC[Si](CCCN1CCOCC1)(OC)OC. The van der Waals surface area contributed by atoms with Gasteiger partial charge < -0.3 is 13.6 Å². The molecule has 0 bridgehead atoms. The minimum absolute atomic E-state index is 0.881. The lowest BCUT2D eigenvalue weighted by Gasteiger charge is -2.30. The topological polar surface area (TPSA) is 30.9 Å². The Morgan fingerprint density at radius 1 is 1.12 bits per heavy atom. The Morgan fingerprint density at radius 3 is 2.29 bits per heavy atom.